The molecule has 5 nitrogen and oxygen atoms in total. The average molecular weight is 300 g/mol. The molecule has 0 aliphatic carbocycles. The molecule has 22 heavy (non-hydrogen) atoms. The zero-order valence-corrected chi connectivity index (χ0v) is 13.1. The number of rotatable bonds is 5. The van der Waals surface area contributed by atoms with Gasteiger partial charge in [0, 0.05) is 25.0 Å². The van der Waals surface area contributed by atoms with Crippen LogP contribution in [-0.2, 0) is 4.74 Å². The molecule has 2 aliphatic heterocycles. The number of nitrogens with one attached hydrogen (secondary N) is 2. The summed E-state index contributed by atoms with van der Waals surface area (Å²) in [4.78, 5) is 2.39. The number of hydrogen-bond acceptors (Lipinski definition) is 5. The van der Waals surface area contributed by atoms with E-state index in [1.807, 2.05) is 12.1 Å². The maximum Gasteiger partial charge on any atom is 0.101 e. The van der Waals surface area contributed by atoms with Crippen molar-refractivity contribution in [2.75, 3.05) is 26.0 Å². The second-order valence-corrected chi connectivity index (χ2v) is 5.75. The van der Waals surface area contributed by atoms with E-state index in [0.29, 0.717) is 6.61 Å². The molecule has 3 rings (SSSR count). The third kappa shape index (κ3) is 2.88. The molecule has 2 heterocycles. The van der Waals surface area contributed by atoms with E-state index in [4.69, 9.17) is 10.5 Å². The molecule has 0 spiro atoms. The second-order valence-electron chi connectivity index (χ2n) is 5.75. The molecule has 0 radical (unpaired) electrons. The van der Waals surface area contributed by atoms with E-state index in [1.165, 1.54) is 11.3 Å². The second kappa shape index (κ2) is 6.52. The maximum absolute atomic E-state index is 5.81. The normalized spacial score (nSPS) is 26.9. The van der Waals surface area contributed by atoms with Crippen molar-refractivity contribution in [1.29, 1.82) is 0 Å². The van der Waals surface area contributed by atoms with Crippen LogP contribution >= 0.6 is 0 Å². The summed E-state index contributed by atoms with van der Waals surface area (Å²) >= 11 is 0. The van der Waals surface area contributed by atoms with Gasteiger partial charge in [0.1, 0.15) is 12.3 Å². The largest absolute Gasteiger partial charge is 0.399 e. The van der Waals surface area contributed by atoms with E-state index >= 15 is 0 Å². The zero-order chi connectivity index (χ0) is 15.5. The number of fused-ring (bicyclic) bond motifs is 1. The molecule has 0 saturated carbocycles. The molecule has 3 unspecified atom stereocenters. The first kappa shape index (κ1) is 15.1. The van der Waals surface area contributed by atoms with Crippen LogP contribution in [0.15, 0.2) is 48.2 Å². The number of hydrogen-bond donors (Lipinski definition) is 3. The van der Waals surface area contributed by atoms with Crippen molar-refractivity contribution in [3.8, 4) is 0 Å². The fourth-order valence-electron chi connectivity index (χ4n) is 3.17. The summed E-state index contributed by atoms with van der Waals surface area (Å²) in [5.41, 5.74) is 9.10. The lowest BCUT2D eigenvalue weighted by Crippen LogP contribution is -2.46. The number of nitrogens with two attached hydrogens (primary N) is 1. The van der Waals surface area contributed by atoms with Crippen molar-refractivity contribution < 1.29 is 4.74 Å². The van der Waals surface area contributed by atoms with Gasteiger partial charge in [0.25, 0.3) is 0 Å². The Morgan fingerprint density at radius 1 is 1.32 bits per heavy atom. The van der Waals surface area contributed by atoms with Gasteiger partial charge in [0.2, 0.25) is 0 Å². The van der Waals surface area contributed by atoms with Crippen LogP contribution in [0.25, 0.3) is 0 Å². The fraction of sp³-hybridized carbons (Fsp3) is 0.412. The van der Waals surface area contributed by atoms with Gasteiger partial charge >= 0.3 is 0 Å². The Bertz CT molecular complexity index is 567. The van der Waals surface area contributed by atoms with E-state index in [0.717, 1.165) is 12.2 Å². The number of allylic oxidation sites excluding steroid dienone is 3. The highest BCUT2D eigenvalue weighted by atomic mass is 16.5. The highest BCUT2D eigenvalue weighted by Crippen LogP contribution is 2.33. The first-order chi connectivity index (χ1) is 10.7. The number of anilines is 1. The zero-order valence-electron chi connectivity index (χ0n) is 13.1. The minimum Gasteiger partial charge on any atom is -0.399 e. The lowest BCUT2D eigenvalue weighted by molar-refractivity contribution is 0.172. The molecule has 0 bridgehead atoms. The van der Waals surface area contributed by atoms with Crippen molar-refractivity contribution >= 4 is 5.69 Å². The fourth-order valence-corrected chi connectivity index (χ4v) is 3.17. The Labute approximate surface area is 131 Å². The van der Waals surface area contributed by atoms with Gasteiger partial charge in [-0.25, -0.2) is 0 Å². The summed E-state index contributed by atoms with van der Waals surface area (Å²) in [6.07, 6.45) is 6.85. The molecule has 2 aliphatic rings. The Kier molecular flexibility index (Phi) is 4.47. The van der Waals surface area contributed by atoms with Crippen LogP contribution in [0.5, 0.6) is 0 Å². The van der Waals surface area contributed by atoms with Crippen molar-refractivity contribution in [2.45, 2.75) is 25.3 Å². The molecule has 1 aromatic carbocycles. The lowest BCUT2D eigenvalue weighted by atomic mass is 10.0. The van der Waals surface area contributed by atoms with Crippen LogP contribution in [-0.4, -0.2) is 37.5 Å². The predicted molar refractivity (Wildman–Crippen MR) is 88.9 cm³/mol. The molecule has 5 heteroatoms. The Hall–Kier alpha value is -1.82. The topological polar surface area (TPSA) is 62.6 Å². The van der Waals surface area contributed by atoms with E-state index in [-0.39, 0.29) is 18.4 Å². The molecular formula is C17H24N4O. The first-order valence-corrected chi connectivity index (χ1v) is 7.68. The average Bonchev–Trinajstić information content (AvgIpc) is 2.88. The molecule has 1 aromatic rings. The van der Waals surface area contributed by atoms with Crippen LogP contribution in [0.1, 0.15) is 18.5 Å². The van der Waals surface area contributed by atoms with Gasteiger partial charge in [-0.3, -0.25) is 10.6 Å². The smallest absolute Gasteiger partial charge is 0.101 e. The Morgan fingerprint density at radius 3 is 2.82 bits per heavy atom. The van der Waals surface area contributed by atoms with E-state index in [2.05, 4.69) is 52.8 Å². The Balaban J connectivity index is 1.85. The predicted octanol–water partition coefficient (Wildman–Crippen LogP) is 1.58. The number of nitrogens with zero attached hydrogens (tertiary/aromatic N) is 1. The minimum atomic E-state index is 0.185. The highest BCUT2D eigenvalue weighted by Gasteiger charge is 2.40. The third-order valence-electron chi connectivity index (χ3n) is 4.26. The van der Waals surface area contributed by atoms with Gasteiger partial charge in [-0.1, -0.05) is 18.2 Å². The van der Waals surface area contributed by atoms with Gasteiger partial charge in [-0.05, 0) is 36.8 Å². The molecule has 0 aromatic heterocycles. The van der Waals surface area contributed by atoms with E-state index < -0.39 is 0 Å². The summed E-state index contributed by atoms with van der Waals surface area (Å²) in [5, 5.41) is 7.30. The molecule has 1 fully saturated rings. The van der Waals surface area contributed by atoms with Gasteiger partial charge in [0.15, 0.2) is 0 Å². The summed E-state index contributed by atoms with van der Waals surface area (Å²) in [6, 6.07) is 8.31. The molecule has 4 N–H and O–H groups in total. The van der Waals surface area contributed by atoms with Gasteiger partial charge < -0.3 is 15.4 Å². The summed E-state index contributed by atoms with van der Waals surface area (Å²) < 4.78 is 5.17. The third-order valence-corrected chi connectivity index (χ3v) is 4.26. The van der Waals surface area contributed by atoms with E-state index in [9.17, 15) is 0 Å². The molecule has 118 valence electrons. The van der Waals surface area contributed by atoms with Crippen molar-refractivity contribution in [3.63, 3.8) is 0 Å². The van der Waals surface area contributed by atoms with E-state index in [1.54, 1.807) is 7.11 Å². The quantitative estimate of drug-likeness (QED) is 0.569. The monoisotopic (exact) mass is 300 g/mol. The summed E-state index contributed by atoms with van der Waals surface area (Å²) in [7, 11) is 1.73. The summed E-state index contributed by atoms with van der Waals surface area (Å²) in [6.45, 7) is 3.66. The maximum atomic E-state index is 5.81. The number of methoxy groups -OCH3 is 1. The number of ether oxygens (including phenoxy) is 1. The van der Waals surface area contributed by atoms with Crippen molar-refractivity contribution in [3.05, 3.63) is 53.8 Å². The highest BCUT2D eigenvalue weighted by molar-refractivity contribution is 5.41. The summed E-state index contributed by atoms with van der Waals surface area (Å²) in [5.74, 6) is 0. The van der Waals surface area contributed by atoms with Crippen LogP contribution < -0.4 is 16.4 Å². The molecule has 3 atom stereocenters. The van der Waals surface area contributed by atoms with Crippen molar-refractivity contribution in [1.82, 2.24) is 15.5 Å². The lowest BCUT2D eigenvalue weighted by Gasteiger charge is -2.34. The molecular weight excluding hydrogens is 276 g/mol. The van der Waals surface area contributed by atoms with Gasteiger partial charge in [-0.2, -0.15) is 0 Å². The number of nitrogen functional groups attached to an aromatic ring is 1. The van der Waals surface area contributed by atoms with Gasteiger partial charge in [0.05, 0.1) is 12.6 Å². The van der Waals surface area contributed by atoms with Crippen LogP contribution in [0.4, 0.5) is 5.69 Å². The first-order valence-electron chi connectivity index (χ1n) is 7.68. The Morgan fingerprint density at radius 2 is 2.09 bits per heavy atom. The van der Waals surface area contributed by atoms with Crippen LogP contribution in [0.3, 0.4) is 0 Å². The molecule has 0 amide bonds. The molecule has 1 saturated heterocycles. The van der Waals surface area contributed by atoms with Crippen LogP contribution in [0, 0.1) is 0 Å². The van der Waals surface area contributed by atoms with Gasteiger partial charge in [-0.15, -0.1) is 0 Å². The minimum absolute atomic E-state index is 0.185. The standard InChI is InChI=1S/C17H24N4O/c1-12-4-3-5-15-20-16(13-6-8-14(18)9-7-13)17(21(12)15)19-10-11-22-2/h3-9,15-17,19-20H,10-11,18H2,1-2H3. The van der Waals surface area contributed by atoms with Crippen molar-refractivity contribution in [2.24, 2.45) is 0 Å². The van der Waals surface area contributed by atoms with Crippen LogP contribution in [0.2, 0.25) is 0 Å². The number of benzene rings is 1. The SMILES string of the molecule is COCCNC1C(c2ccc(N)cc2)NC2C=CC=C(C)N21.